The molecule has 15 heavy (non-hydrogen) atoms. The Balaban J connectivity index is 3.54. The first-order valence-corrected chi connectivity index (χ1v) is 3.99. The second-order valence-electron chi connectivity index (χ2n) is 2.94. The van der Waals surface area contributed by atoms with E-state index in [1.807, 2.05) is 0 Å². The van der Waals surface area contributed by atoms with Crippen molar-refractivity contribution in [3.05, 3.63) is 0 Å². The number of alkyl halides is 6. The van der Waals surface area contributed by atoms with Crippen LogP contribution in [0.3, 0.4) is 0 Å². The van der Waals surface area contributed by atoms with Crippen LogP contribution >= 0.6 is 0 Å². The van der Waals surface area contributed by atoms with Crippen molar-refractivity contribution in [2.75, 3.05) is 13.2 Å². The quantitative estimate of drug-likeness (QED) is 0.747. The summed E-state index contributed by atoms with van der Waals surface area (Å²) in [6.45, 7) is -2.33. The predicted octanol–water partition coefficient (Wildman–Crippen LogP) is 2.27. The van der Waals surface area contributed by atoms with E-state index in [0.29, 0.717) is 0 Å². The minimum Gasteiger partial charge on any atom is -0.391 e. The lowest BCUT2D eigenvalue weighted by molar-refractivity contribution is -0.181. The molecule has 0 aliphatic carbocycles. The van der Waals surface area contributed by atoms with E-state index in [9.17, 15) is 26.3 Å². The Bertz CT molecular complexity index is 175. The molecule has 1 unspecified atom stereocenters. The van der Waals surface area contributed by atoms with Gasteiger partial charge >= 0.3 is 12.4 Å². The van der Waals surface area contributed by atoms with Crippen LogP contribution in [-0.2, 0) is 4.74 Å². The van der Waals surface area contributed by atoms with Crippen LogP contribution < -0.4 is 0 Å². The average Bonchev–Trinajstić information content (AvgIpc) is 1.97. The third kappa shape index (κ3) is 11.4. The van der Waals surface area contributed by atoms with Gasteiger partial charge in [0.2, 0.25) is 0 Å². The lowest BCUT2D eigenvalue weighted by Gasteiger charge is -2.13. The summed E-state index contributed by atoms with van der Waals surface area (Å²) in [4.78, 5) is 0. The van der Waals surface area contributed by atoms with E-state index in [-0.39, 0.29) is 0 Å². The summed E-state index contributed by atoms with van der Waals surface area (Å²) >= 11 is 0. The second kappa shape index (κ2) is 5.55. The zero-order chi connectivity index (χ0) is 12.1. The fraction of sp³-hybridized carbons (Fsp3) is 1.00. The van der Waals surface area contributed by atoms with Crippen molar-refractivity contribution in [3.8, 4) is 0 Å². The minimum absolute atomic E-state index is 0.665. The highest BCUT2D eigenvalue weighted by atomic mass is 19.4. The summed E-state index contributed by atoms with van der Waals surface area (Å²) in [5.41, 5.74) is 0. The van der Waals surface area contributed by atoms with Gasteiger partial charge in [-0.1, -0.05) is 0 Å². The molecule has 0 fully saturated rings. The van der Waals surface area contributed by atoms with Crippen molar-refractivity contribution in [1.82, 2.24) is 0 Å². The Morgan fingerprint density at radius 2 is 1.53 bits per heavy atom. The van der Waals surface area contributed by atoms with Gasteiger partial charge in [0.05, 0.1) is 12.7 Å². The van der Waals surface area contributed by atoms with Crippen LogP contribution in [0, 0.1) is 0 Å². The molecule has 0 aliphatic rings. The van der Waals surface area contributed by atoms with E-state index in [0.717, 1.165) is 0 Å². The van der Waals surface area contributed by atoms with Crippen molar-refractivity contribution in [2.24, 2.45) is 0 Å². The predicted molar refractivity (Wildman–Crippen MR) is 38.2 cm³/mol. The fourth-order valence-corrected chi connectivity index (χ4v) is 0.724. The normalized spacial score (nSPS) is 15.4. The molecule has 92 valence electrons. The number of ether oxygens (including phenoxy) is 1. The maximum atomic E-state index is 11.6. The molecule has 0 rings (SSSR count). The van der Waals surface area contributed by atoms with Gasteiger partial charge in [0.1, 0.15) is 6.61 Å². The number of hydrogen-bond donors (Lipinski definition) is 1. The maximum absolute atomic E-state index is 11.6. The fourth-order valence-electron chi connectivity index (χ4n) is 0.724. The van der Waals surface area contributed by atoms with Crippen molar-refractivity contribution in [1.29, 1.82) is 0 Å². The first-order valence-electron chi connectivity index (χ1n) is 3.99. The molecule has 0 aromatic rings. The SMILES string of the molecule is OC(CCC(F)(F)F)COCC(F)(F)F. The van der Waals surface area contributed by atoms with Gasteiger partial charge in [0, 0.05) is 6.42 Å². The van der Waals surface area contributed by atoms with Crippen LogP contribution in [0.4, 0.5) is 26.3 Å². The van der Waals surface area contributed by atoms with E-state index in [2.05, 4.69) is 4.74 Å². The summed E-state index contributed by atoms with van der Waals surface area (Å²) in [5, 5.41) is 8.82. The van der Waals surface area contributed by atoms with Crippen LogP contribution in [0.5, 0.6) is 0 Å². The molecule has 0 aromatic heterocycles. The summed E-state index contributed by atoms with van der Waals surface area (Å²) in [6, 6.07) is 0. The summed E-state index contributed by atoms with van der Waals surface area (Å²) in [5.74, 6) is 0. The lowest BCUT2D eigenvalue weighted by Crippen LogP contribution is -2.24. The molecule has 8 heteroatoms. The molecule has 0 bridgehead atoms. The third-order valence-electron chi connectivity index (χ3n) is 1.34. The van der Waals surface area contributed by atoms with Crippen molar-refractivity contribution < 1.29 is 36.2 Å². The van der Waals surface area contributed by atoms with Crippen molar-refractivity contribution in [2.45, 2.75) is 31.3 Å². The van der Waals surface area contributed by atoms with Gasteiger partial charge in [0.15, 0.2) is 0 Å². The van der Waals surface area contributed by atoms with Crippen LogP contribution in [0.1, 0.15) is 12.8 Å². The topological polar surface area (TPSA) is 29.5 Å². The Hall–Kier alpha value is -0.500. The van der Waals surface area contributed by atoms with Crippen LogP contribution in [0.25, 0.3) is 0 Å². The first-order chi connectivity index (χ1) is 6.60. The Morgan fingerprint density at radius 1 is 1.00 bits per heavy atom. The van der Waals surface area contributed by atoms with Gasteiger partial charge in [-0.25, -0.2) is 0 Å². The minimum atomic E-state index is -4.54. The summed E-state index contributed by atoms with van der Waals surface area (Å²) in [6.07, 6.45) is -12.4. The van der Waals surface area contributed by atoms with E-state index >= 15 is 0 Å². The average molecular weight is 240 g/mol. The molecule has 0 spiro atoms. The highest BCUT2D eigenvalue weighted by molar-refractivity contribution is 4.59. The molecule has 1 N–H and O–H groups in total. The smallest absolute Gasteiger partial charge is 0.391 e. The maximum Gasteiger partial charge on any atom is 0.411 e. The highest BCUT2D eigenvalue weighted by Crippen LogP contribution is 2.22. The van der Waals surface area contributed by atoms with Crippen molar-refractivity contribution >= 4 is 0 Å². The van der Waals surface area contributed by atoms with Gasteiger partial charge in [-0.05, 0) is 6.42 Å². The second-order valence-corrected chi connectivity index (χ2v) is 2.94. The van der Waals surface area contributed by atoms with Crippen LogP contribution in [0.2, 0.25) is 0 Å². The number of aliphatic hydroxyl groups excluding tert-OH is 1. The Kier molecular flexibility index (Phi) is 5.36. The van der Waals surface area contributed by atoms with E-state index in [1.165, 1.54) is 0 Å². The lowest BCUT2D eigenvalue weighted by atomic mass is 10.2. The molecular weight excluding hydrogens is 230 g/mol. The highest BCUT2D eigenvalue weighted by Gasteiger charge is 2.30. The largest absolute Gasteiger partial charge is 0.411 e. The molecule has 0 radical (unpaired) electrons. The van der Waals surface area contributed by atoms with E-state index in [4.69, 9.17) is 5.11 Å². The zero-order valence-electron chi connectivity index (χ0n) is 7.53. The molecular formula is C7H10F6O2. The van der Waals surface area contributed by atoms with Gasteiger partial charge < -0.3 is 9.84 Å². The molecule has 0 heterocycles. The van der Waals surface area contributed by atoms with Crippen LogP contribution in [-0.4, -0.2) is 36.8 Å². The number of hydrogen-bond acceptors (Lipinski definition) is 2. The van der Waals surface area contributed by atoms with Gasteiger partial charge in [-0.15, -0.1) is 0 Å². The molecule has 2 nitrogen and oxygen atoms in total. The van der Waals surface area contributed by atoms with E-state index < -0.39 is 44.5 Å². The Labute approximate surface area is 81.8 Å². The van der Waals surface area contributed by atoms with E-state index in [1.54, 1.807) is 0 Å². The van der Waals surface area contributed by atoms with Crippen molar-refractivity contribution in [3.63, 3.8) is 0 Å². The molecule has 0 aliphatic heterocycles. The molecule has 0 aromatic carbocycles. The monoisotopic (exact) mass is 240 g/mol. The number of aliphatic hydroxyl groups is 1. The van der Waals surface area contributed by atoms with Gasteiger partial charge in [-0.3, -0.25) is 0 Å². The molecule has 0 saturated carbocycles. The number of rotatable bonds is 5. The molecule has 0 amide bonds. The standard InChI is InChI=1S/C7H10F6O2/c8-6(9,10)2-1-5(14)3-15-4-7(11,12)13/h5,14H,1-4H2. The summed E-state index contributed by atoms with van der Waals surface area (Å²) < 4.78 is 73.3. The van der Waals surface area contributed by atoms with Gasteiger partial charge in [0.25, 0.3) is 0 Å². The molecule has 0 saturated heterocycles. The first kappa shape index (κ1) is 14.5. The third-order valence-corrected chi connectivity index (χ3v) is 1.34. The number of halogens is 6. The molecule has 1 atom stereocenters. The Morgan fingerprint density at radius 3 is 1.93 bits per heavy atom. The van der Waals surface area contributed by atoms with Gasteiger partial charge in [-0.2, -0.15) is 26.3 Å². The summed E-state index contributed by atoms with van der Waals surface area (Å²) in [7, 11) is 0. The van der Waals surface area contributed by atoms with Crippen LogP contribution in [0.15, 0.2) is 0 Å². The zero-order valence-corrected chi connectivity index (χ0v) is 7.53.